The van der Waals surface area contributed by atoms with Gasteiger partial charge in [-0.2, -0.15) is 0 Å². The van der Waals surface area contributed by atoms with E-state index in [1.807, 2.05) is 93.5 Å². The molecule has 6 nitrogen and oxygen atoms in total. The van der Waals surface area contributed by atoms with Crippen LogP contribution in [0.1, 0.15) is 29.6 Å². The Hall–Kier alpha value is -3.54. The molecule has 1 aromatic heterocycles. The van der Waals surface area contributed by atoms with Gasteiger partial charge in [0.2, 0.25) is 5.91 Å². The average molecular weight is 432 g/mol. The maximum Gasteiger partial charge on any atom is 0.253 e. The Kier molecular flexibility index (Phi) is 7.23. The lowest BCUT2D eigenvalue weighted by atomic mass is 10.1. The van der Waals surface area contributed by atoms with Crippen LogP contribution in [-0.2, 0) is 4.79 Å². The number of carbonyl (C=O) groups excluding carboxylic acids is 2. The summed E-state index contributed by atoms with van der Waals surface area (Å²) in [7, 11) is 0. The van der Waals surface area contributed by atoms with Gasteiger partial charge in [0.1, 0.15) is 5.75 Å². The molecular formula is C26H29N3O3. The number of ether oxygens (including phenoxy) is 1. The minimum Gasteiger partial charge on any atom is -0.494 e. The van der Waals surface area contributed by atoms with Gasteiger partial charge in [0.05, 0.1) is 6.61 Å². The van der Waals surface area contributed by atoms with Crippen LogP contribution < -0.4 is 4.74 Å². The normalized spacial score (nSPS) is 14.1. The quantitative estimate of drug-likeness (QED) is 0.531. The Morgan fingerprint density at radius 2 is 1.47 bits per heavy atom. The first-order valence-corrected chi connectivity index (χ1v) is 11.2. The van der Waals surface area contributed by atoms with Gasteiger partial charge >= 0.3 is 0 Å². The van der Waals surface area contributed by atoms with Crippen molar-refractivity contribution >= 4 is 11.8 Å². The largest absolute Gasteiger partial charge is 0.494 e. The number of carbonyl (C=O) groups is 2. The van der Waals surface area contributed by atoms with Crippen molar-refractivity contribution in [1.29, 1.82) is 0 Å². The summed E-state index contributed by atoms with van der Waals surface area (Å²) in [6, 6.07) is 21.2. The third-order valence-corrected chi connectivity index (χ3v) is 5.70. The second-order valence-corrected chi connectivity index (χ2v) is 7.93. The highest BCUT2D eigenvalue weighted by Crippen LogP contribution is 2.14. The zero-order chi connectivity index (χ0) is 22.2. The van der Waals surface area contributed by atoms with Gasteiger partial charge in [-0.1, -0.05) is 18.2 Å². The standard InChI is InChI=1S/C26H29N3O3/c30-25(10-6-21-32-24-8-2-1-3-9-24)28-17-7-18-29(20-19-28)26(31)22-11-13-23(14-12-22)27-15-4-5-16-27/h1-5,8-9,11-16H,6-7,10,17-21H2. The van der Waals surface area contributed by atoms with Crippen molar-refractivity contribution in [2.75, 3.05) is 32.8 Å². The predicted molar refractivity (Wildman–Crippen MR) is 124 cm³/mol. The molecule has 0 N–H and O–H groups in total. The van der Waals surface area contributed by atoms with E-state index in [0.29, 0.717) is 51.2 Å². The van der Waals surface area contributed by atoms with Crippen molar-refractivity contribution in [2.45, 2.75) is 19.3 Å². The zero-order valence-electron chi connectivity index (χ0n) is 18.2. The van der Waals surface area contributed by atoms with E-state index >= 15 is 0 Å². The highest BCUT2D eigenvalue weighted by Gasteiger charge is 2.22. The third-order valence-electron chi connectivity index (χ3n) is 5.70. The molecule has 3 aromatic rings. The van der Waals surface area contributed by atoms with Crippen LogP contribution >= 0.6 is 0 Å². The lowest BCUT2D eigenvalue weighted by Crippen LogP contribution is -2.37. The van der Waals surface area contributed by atoms with Crippen LogP contribution in [-0.4, -0.2) is 59.0 Å². The van der Waals surface area contributed by atoms with E-state index in [1.165, 1.54) is 0 Å². The summed E-state index contributed by atoms with van der Waals surface area (Å²) in [6.45, 7) is 3.01. The van der Waals surface area contributed by atoms with Crippen molar-refractivity contribution in [2.24, 2.45) is 0 Å². The molecule has 1 fully saturated rings. The molecule has 1 saturated heterocycles. The first kappa shape index (κ1) is 21.7. The monoisotopic (exact) mass is 431 g/mol. The van der Waals surface area contributed by atoms with E-state index < -0.39 is 0 Å². The molecule has 0 atom stereocenters. The van der Waals surface area contributed by atoms with Crippen LogP contribution in [0, 0.1) is 0 Å². The summed E-state index contributed by atoms with van der Waals surface area (Å²) < 4.78 is 7.68. The van der Waals surface area contributed by atoms with E-state index in [0.717, 1.165) is 17.9 Å². The fraction of sp³-hybridized carbons (Fsp3) is 0.308. The van der Waals surface area contributed by atoms with Gasteiger partial charge in [0.25, 0.3) is 5.91 Å². The van der Waals surface area contributed by atoms with Crippen molar-refractivity contribution < 1.29 is 14.3 Å². The van der Waals surface area contributed by atoms with Crippen LogP contribution in [0.5, 0.6) is 5.75 Å². The van der Waals surface area contributed by atoms with Crippen LogP contribution in [0.4, 0.5) is 0 Å². The molecular weight excluding hydrogens is 402 g/mol. The number of para-hydroxylation sites is 1. The molecule has 1 aliphatic heterocycles. The Morgan fingerprint density at radius 3 is 2.22 bits per heavy atom. The van der Waals surface area contributed by atoms with Gasteiger partial charge in [-0.15, -0.1) is 0 Å². The van der Waals surface area contributed by atoms with E-state index in [-0.39, 0.29) is 11.8 Å². The molecule has 6 heteroatoms. The molecule has 166 valence electrons. The Labute approximate surface area is 189 Å². The molecule has 2 heterocycles. The first-order valence-electron chi connectivity index (χ1n) is 11.2. The molecule has 0 saturated carbocycles. The number of rotatable bonds is 7. The fourth-order valence-electron chi connectivity index (χ4n) is 3.92. The highest BCUT2D eigenvalue weighted by molar-refractivity contribution is 5.94. The van der Waals surface area contributed by atoms with E-state index in [1.54, 1.807) is 0 Å². The number of hydrogen-bond acceptors (Lipinski definition) is 3. The van der Waals surface area contributed by atoms with Gasteiger partial charge in [-0.3, -0.25) is 9.59 Å². The summed E-state index contributed by atoms with van der Waals surface area (Å²) in [5, 5.41) is 0. The minimum absolute atomic E-state index is 0.0228. The van der Waals surface area contributed by atoms with Crippen LogP contribution in [0.2, 0.25) is 0 Å². The summed E-state index contributed by atoms with van der Waals surface area (Å²) in [4.78, 5) is 29.3. The molecule has 32 heavy (non-hydrogen) atoms. The van der Waals surface area contributed by atoms with E-state index in [9.17, 15) is 9.59 Å². The zero-order valence-corrected chi connectivity index (χ0v) is 18.2. The second-order valence-electron chi connectivity index (χ2n) is 7.93. The molecule has 0 aliphatic carbocycles. The lowest BCUT2D eigenvalue weighted by Gasteiger charge is -2.22. The third kappa shape index (κ3) is 5.58. The van der Waals surface area contributed by atoms with E-state index in [2.05, 4.69) is 0 Å². The van der Waals surface area contributed by atoms with Gasteiger partial charge in [0.15, 0.2) is 0 Å². The molecule has 1 aliphatic rings. The summed E-state index contributed by atoms with van der Waals surface area (Å²) in [6.07, 6.45) is 5.89. The van der Waals surface area contributed by atoms with Gasteiger partial charge in [-0.25, -0.2) is 0 Å². The minimum atomic E-state index is 0.0228. The van der Waals surface area contributed by atoms with Crippen molar-refractivity contribution in [3.05, 3.63) is 84.7 Å². The maximum atomic E-state index is 13.0. The molecule has 2 aromatic carbocycles. The van der Waals surface area contributed by atoms with Crippen molar-refractivity contribution in [1.82, 2.24) is 14.4 Å². The van der Waals surface area contributed by atoms with E-state index in [4.69, 9.17) is 4.74 Å². The van der Waals surface area contributed by atoms with Gasteiger partial charge < -0.3 is 19.1 Å². The molecule has 0 unspecified atom stereocenters. The number of benzene rings is 2. The number of nitrogens with zero attached hydrogens (tertiary/aromatic N) is 3. The van der Waals surface area contributed by atoms with Crippen LogP contribution in [0.3, 0.4) is 0 Å². The topological polar surface area (TPSA) is 54.8 Å². The Bertz CT molecular complexity index is 1000. The number of hydrogen-bond donors (Lipinski definition) is 0. The van der Waals surface area contributed by atoms with Crippen molar-refractivity contribution in [3.8, 4) is 11.4 Å². The smallest absolute Gasteiger partial charge is 0.253 e. The van der Waals surface area contributed by atoms with Crippen LogP contribution in [0.15, 0.2) is 79.1 Å². The first-order chi connectivity index (χ1) is 15.7. The summed E-state index contributed by atoms with van der Waals surface area (Å²) in [5.74, 6) is 0.979. The van der Waals surface area contributed by atoms with Crippen molar-refractivity contribution in [3.63, 3.8) is 0 Å². The molecule has 4 rings (SSSR count). The molecule has 0 radical (unpaired) electrons. The number of aromatic nitrogens is 1. The predicted octanol–water partition coefficient (Wildman–Crippen LogP) is 4.01. The molecule has 0 bridgehead atoms. The summed E-state index contributed by atoms with van der Waals surface area (Å²) in [5.41, 5.74) is 1.70. The number of amides is 2. The average Bonchev–Trinajstić information content (AvgIpc) is 3.26. The maximum absolute atomic E-state index is 13.0. The van der Waals surface area contributed by atoms with Crippen LogP contribution in [0.25, 0.3) is 5.69 Å². The Balaban J connectivity index is 1.24. The van der Waals surface area contributed by atoms with Gasteiger partial charge in [-0.05, 0) is 61.4 Å². The molecule has 0 spiro atoms. The molecule has 2 amide bonds. The van der Waals surface area contributed by atoms with Gasteiger partial charge in [0, 0.05) is 56.2 Å². The fourth-order valence-corrected chi connectivity index (χ4v) is 3.92. The summed E-state index contributed by atoms with van der Waals surface area (Å²) >= 11 is 0. The SMILES string of the molecule is O=C(CCCOc1ccccc1)N1CCCN(C(=O)c2ccc(-n3cccc3)cc2)CC1. The lowest BCUT2D eigenvalue weighted by molar-refractivity contribution is -0.131. The second kappa shape index (κ2) is 10.7. The Morgan fingerprint density at radius 1 is 0.781 bits per heavy atom. The highest BCUT2D eigenvalue weighted by atomic mass is 16.5.